The maximum atomic E-state index is 13.1. The zero-order chi connectivity index (χ0) is 11.8. The number of benzene rings is 2. The third-order valence-electron chi connectivity index (χ3n) is 2.77. The predicted octanol–water partition coefficient (Wildman–Crippen LogP) is 3.15. The Balaban J connectivity index is 2.09. The molecule has 0 fully saturated rings. The van der Waals surface area contributed by atoms with Crippen LogP contribution in [0.15, 0.2) is 48.5 Å². The van der Waals surface area contributed by atoms with Crippen molar-refractivity contribution in [2.45, 2.75) is 0 Å². The molecule has 0 radical (unpaired) electrons. The number of halogens is 1. The van der Waals surface area contributed by atoms with Crippen molar-refractivity contribution in [2.24, 2.45) is 0 Å². The lowest BCUT2D eigenvalue weighted by Crippen LogP contribution is -2.34. The van der Waals surface area contributed by atoms with Gasteiger partial charge in [0, 0.05) is 13.1 Å². The van der Waals surface area contributed by atoms with Gasteiger partial charge in [0.25, 0.3) is 0 Å². The van der Waals surface area contributed by atoms with Gasteiger partial charge in [-0.15, -0.1) is 5.12 Å². The molecule has 3 nitrogen and oxygen atoms in total. The second-order valence-electron chi connectivity index (χ2n) is 3.94. The number of hydrazine groups is 2. The zero-order valence-electron chi connectivity index (χ0n) is 9.39. The molecule has 0 amide bonds. The van der Waals surface area contributed by atoms with Crippen LogP contribution in [-0.2, 0) is 0 Å². The van der Waals surface area contributed by atoms with E-state index >= 15 is 0 Å². The monoisotopic (exact) mass is 229 g/mol. The van der Waals surface area contributed by atoms with E-state index in [1.807, 2.05) is 47.5 Å². The van der Waals surface area contributed by atoms with E-state index in [2.05, 4.69) is 5.43 Å². The Morgan fingerprint density at radius 1 is 1.06 bits per heavy atom. The summed E-state index contributed by atoms with van der Waals surface area (Å²) in [4.78, 5) is 0. The molecular formula is C13H12FN3. The van der Waals surface area contributed by atoms with Gasteiger partial charge < -0.3 is 0 Å². The molecule has 2 aromatic carbocycles. The second-order valence-corrected chi connectivity index (χ2v) is 3.94. The molecule has 0 saturated heterocycles. The van der Waals surface area contributed by atoms with Crippen LogP contribution in [0.5, 0.6) is 0 Å². The Hall–Kier alpha value is -2.07. The molecule has 17 heavy (non-hydrogen) atoms. The van der Waals surface area contributed by atoms with Gasteiger partial charge in [-0.05, 0) is 24.3 Å². The van der Waals surface area contributed by atoms with Gasteiger partial charge in [0.15, 0.2) is 0 Å². The summed E-state index contributed by atoms with van der Waals surface area (Å²) in [7, 11) is 1.89. The number of nitrogens with zero attached hydrogens (tertiary/aromatic N) is 2. The average molecular weight is 229 g/mol. The van der Waals surface area contributed by atoms with Crippen molar-refractivity contribution in [3.05, 3.63) is 54.3 Å². The van der Waals surface area contributed by atoms with Crippen LogP contribution in [0.3, 0.4) is 0 Å². The molecule has 1 heterocycles. The molecule has 0 unspecified atom stereocenters. The molecule has 1 aliphatic heterocycles. The molecule has 1 N–H and O–H groups in total. The molecule has 4 heteroatoms. The van der Waals surface area contributed by atoms with Gasteiger partial charge in [0.2, 0.25) is 0 Å². The molecular weight excluding hydrogens is 217 g/mol. The average Bonchev–Trinajstić information content (AvgIpc) is 2.65. The Morgan fingerprint density at radius 3 is 2.59 bits per heavy atom. The minimum Gasteiger partial charge on any atom is -0.299 e. The molecule has 0 atom stereocenters. The Labute approximate surface area is 99.0 Å². The highest BCUT2D eigenvalue weighted by Crippen LogP contribution is 2.38. The molecule has 3 rings (SSSR count). The Bertz CT molecular complexity index is 542. The molecule has 86 valence electrons. The summed E-state index contributed by atoms with van der Waals surface area (Å²) in [5, 5.41) is 3.83. The van der Waals surface area contributed by atoms with Gasteiger partial charge in [-0.2, -0.15) is 0 Å². The van der Waals surface area contributed by atoms with Crippen LogP contribution in [0.2, 0.25) is 0 Å². The van der Waals surface area contributed by atoms with Crippen LogP contribution < -0.4 is 10.4 Å². The number of rotatable bonds is 1. The second kappa shape index (κ2) is 3.75. The third kappa shape index (κ3) is 1.62. The number of para-hydroxylation sites is 1. The topological polar surface area (TPSA) is 18.5 Å². The van der Waals surface area contributed by atoms with Crippen molar-refractivity contribution in [3.63, 3.8) is 0 Å². The highest BCUT2D eigenvalue weighted by Gasteiger charge is 2.25. The Morgan fingerprint density at radius 2 is 1.82 bits per heavy atom. The summed E-state index contributed by atoms with van der Waals surface area (Å²) in [5.41, 5.74) is 5.86. The number of hydrogen-bond acceptors (Lipinski definition) is 3. The summed E-state index contributed by atoms with van der Waals surface area (Å²) < 4.78 is 13.1. The minimum atomic E-state index is -0.237. The first kappa shape index (κ1) is 10.1. The summed E-state index contributed by atoms with van der Waals surface area (Å²) in [6.07, 6.45) is 0. The van der Waals surface area contributed by atoms with E-state index in [9.17, 15) is 4.39 Å². The molecule has 0 spiro atoms. The van der Waals surface area contributed by atoms with E-state index in [1.54, 1.807) is 6.07 Å². The maximum Gasteiger partial charge on any atom is 0.125 e. The van der Waals surface area contributed by atoms with Gasteiger partial charge in [0.05, 0.1) is 17.1 Å². The van der Waals surface area contributed by atoms with Crippen molar-refractivity contribution in [1.82, 2.24) is 5.12 Å². The predicted molar refractivity (Wildman–Crippen MR) is 66.4 cm³/mol. The SMILES string of the molecule is CN1Nc2cc(F)ccc2N1c1ccccc1. The van der Waals surface area contributed by atoms with E-state index in [4.69, 9.17) is 0 Å². The lowest BCUT2D eigenvalue weighted by Gasteiger charge is -2.25. The van der Waals surface area contributed by atoms with Gasteiger partial charge in [-0.3, -0.25) is 10.4 Å². The number of hydrogen-bond donors (Lipinski definition) is 1. The third-order valence-corrected chi connectivity index (χ3v) is 2.77. The standard InChI is InChI=1S/C13H12FN3/c1-16-15-12-9-10(14)7-8-13(12)17(16)11-5-3-2-4-6-11/h2-9,15H,1H3. The van der Waals surface area contributed by atoms with Crippen LogP contribution in [-0.4, -0.2) is 12.2 Å². The number of fused-ring (bicyclic) bond motifs is 1. The van der Waals surface area contributed by atoms with Crippen LogP contribution in [0.25, 0.3) is 0 Å². The lowest BCUT2D eigenvalue weighted by atomic mass is 10.2. The molecule has 2 aromatic rings. The van der Waals surface area contributed by atoms with Gasteiger partial charge in [-0.25, -0.2) is 4.39 Å². The van der Waals surface area contributed by atoms with Crippen LogP contribution in [0, 0.1) is 5.82 Å². The van der Waals surface area contributed by atoms with Crippen molar-refractivity contribution in [1.29, 1.82) is 0 Å². The first-order chi connectivity index (χ1) is 8.25. The molecule has 0 bridgehead atoms. The van der Waals surface area contributed by atoms with Gasteiger partial charge >= 0.3 is 0 Å². The van der Waals surface area contributed by atoms with Crippen molar-refractivity contribution in [3.8, 4) is 0 Å². The van der Waals surface area contributed by atoms with E-state index in [0.717, 1.165) is 17.1 Å². The van der Waals surface area contributed by atoms with E-state index in [1.165, 1.54) is 12.1 Å². The van der Waals surface area contributed by atoms with Gasteiger partial charge in [-0.1, -0.05) is 18.2 Å². The van der Waals surface area contributed by atoms with Crippen LogP contribution in [0.1, 0.15) is 0 Å². The smallest absolute Gasteiger partial charge is 0.125 e. The van der Waals surface area contributed by atoms with E-state index in [-0.39, 0.29) is 5.82 Å². The maximum absolute atomic E-state index is 13.1. The quantitative estimate of drug-likeness (QED) is 0.810. The largest absolute Gasteiger partial charge is 0.299 e. The number of anilines is 3. The zero-order valence-corrected chi connectivity index (χ0v) is 9.39. The fourth-order valence-corrected chi connectivity index (χ4v) is 2.05. The first-order valence-electron chi connectivity index (χ1n) is 5.41. The number of nitrogens with one attached hydrogen (secondary N) is 1. The molecule has 0 aromatic heterocycles. The first-order valence-corrected chi connectivity index (χ1v) is 5.41. The summed E-state index contributed by atoms with van der Waals surface area (Å²) >= 11 is 0. The van der Waals surface area contributed by atoms with Crippen molar-refractivity contribution >= 4 is 17.1 Å². The molecule has 0 saturated carbocycles. The summed E-state index contributed by atoms with van der Waals surface area (Å²) in [6.45, 7) is 0. The van der Waals surface area contributed by atoms with Crippen LogP contribution in [0.4, 0.5) is 21.5 Å². The lowest BCUT2D eigenvalue weighted by molar-refractivity contribution is 0.433. The fraction of sp³-hybridized carbons (Fsp3) is 0.0769. The normalized spacial score (nSPS) is 14.6. The van der Waals surface area contributed by atoms with Gasteiger partial charge in [0.1, 0.15) is 5.82 Å². The Kier molecular flexibility index (Phi) is 2.23. The fourth-order valence-electron chi connectivity index (χ4n) is 2.05. The van der Waals surface area contributed by atoms with Crippen LogP contribution >= 0.6 is 0 Å². The molecule has 1 aliphatic rings. The van der Waals surface area contributed by atoms with Crippen molar-refractivity contribution in [2.75, 3.05) is 17.5 Å². The highest BCUT2D eigenvalue weighted by molar-refractivity contribution is 5.79. The minimum absolute atomic E-state index is 0.237. The highest BCUT2D eigenvalue weighted by atomic mass is 19.1. The van der Waals surface area contributed by atoms with Crippen molar-refractivity contribution < 1.29 is 4.39 Å². The summed E-state index contributed by atoms with van der Waals surface area (Å²) in [6, 6.07) is 14.7. The van der Waals surface area contributed by atoms with E-state index < -0.39 is 0 Å². The summed E-state index contributed by atoms with van der Waals surface area (Å²) in [5.74, 6) is -0.237. The molecule has 0 aliphatic carbocycles. The van der Waals surface area contributed by atoms with E-state index in [0.29, 0.717) is 0 Å².